The van der Waals surface area contributed by atoms with Crippen molar-refractivity contribution >= 4 is 22.4 Å². The zero-order chi connectivity index (χ0) is 11.7. The highest BCUT2D eigenvalue weighted by atomic mass is 35.5. The first kappa shape index (κ1) is 10.3. The van der Waals surface area contributed by atoms with Gasteiger partial charge in [-0.15, -0.1) is 0 Å². The molecule has 0 atom stereocenters. The van der Waals surface area contributed by atoms with Gasteiger partial charge in [-0.05, 0) is 35.0 Å². The van der Waals surface area contributed by atoms with Crippen molar-refractivity contribution in [3.05, 3.63) is 65.8 Å². The van der Waals surface area contributed by atoms with Crippen LogP contribution in [0.3, 0.4) is 0 Å². The average molecular weight is 240 g/mol. The van der Waals surface area contributed by atoms with Crippen molar-refractivity contribution in [2.24, 2.45) is 0 Å². The largest absolute Gasteiger partial charge is 0.256 e. The Morgan fingerprint density at radius 3 is 2.65 bits per heavy atom. The van der Waals surface area contributed by atoms with Crippen LogP contribution in [0.2, 0.25) is 5.02 Å². The van der Waals surface area contributed by atoms with Gasteiger partial charge in [0.15, 0.2) is 0 Å². The molecule has 0 spiro atoms. The molecule has 0 radical (unpaired) electrons. The number of nitrogens with zero attached hydrogens (tertiary/aromatic N) is 1. The zero-order valence-corrected chi connectivity index (χ0v) is 9.85. The van der Waals surface area contributed by atoms with E-state index in [9.17, 15) is 0 Å². The molecule has 0 aliphatic carbocycles. The minimum Gasteiger partial charge on any atom is -0.256 e. The first-order valence-electron chi connectivity index (χ1n) is 5.44. The van der Waals surface area contributed by atoms with Crippen LogP contribution in [0.15, 0.2) is 60.8 Å². The lowest BCUT2D eigenvalue weighted by atomic mass is 10.0. The second kappa shape index (κ2) is 4.19. The third kappa shape index (κ3) is 1.90. The van der Waals surface area contributed by atoms with Crippen molar-refractivity contribution in [1.29, 1.82) is 0 Å². The summed E-state index contributed by atoms with van der Waals surface area (Å²) in [5, 5.41) is 3.07. The summed E-state index contributed by atoms with van der Waals surface area (Å²) in [6.45, 7) is 0. The van der Waals surface area contributed by atoms with E-state index in [-0.39, 0.29) is 0 Å². The fraction of sp³-hybridized carbons (Fsp3) is 0. The molecule has 0 amide bonds. The molecular formula is C15H10ClN. The standard InChI is InChI=1S/C15H10ClN/c16-12-8-7-11-4-3-5-13(14(11)10-12)15-6-1-2-9-17-15/h1-10H. The van der Waals surface area contributed by atoms with Crippen LogP contribution in [0.4, 0.5) is 0 Å². The van der Waals surface area contributed by atoms with Gasteiger partial charge >= 0.3 is 0 Å². The Bertz CT molecular complexity index is 662. The van der Waals surface area contributed by atoms with Crippen LogP contribution in [0.5, 0.6) is 0 Å². The lowest BCUT2D eigenvalue weighted by Gasteiger charge is -2.06. The molecule has 1 aromatic heterocycles. The number of aromatic nitrogens is 1. The van der Waals surface area contributed by atoms with Crippen LogP contribution in [0, 0.1) is 0 Å². The Morgan fingerprint density at radius 1 is 0.882 bits per heavy atom. The van der Waals surface area contributed by atoms with Gasteiger partial charge in [0, 0.05) is 16.8 Å². The topological polar surface area (TPSA) is 12.9 Å². The molecule has 2 heteroatoms. The summed E-state index contributed by atoms with van der Waals surface area (Å²) >= 11 is 6.06. The average Bonchev–Trinajstić information content (AvgIpc) is 2.39. The summed E-state index contributed by atoms with van der Waals surface area (Å²) in [6, 6.07) is 18.0. The summed E-state index contributed by atoms with van der Waals surface area (Å²) in [6.07, 6.45) is 1.80. The smallest absolute Gasteiger partial charge is 0.0708 e. The van der Waals surface area contributed by atoms with E-state index in [0.717, 1.165) is 21.7 Å². The zero-order valence-electron chi connectivity index (χ0n) is 9.10. The molecule has 3 aromatic rings. The maximum Gasteiger partial charge on any atom is 0.0708 e. The molecule has 0 saturated carbocycles. The Kier molecular flexibility index (Phi) is 2.54. The number of pyridine rings is 1. The second-order valence-electron chi connectivity index (χ2n) is 3.89. The molecule has 0 aliphatic heterocycles. The SMILES string of the molecule is Clc1ccc2cccc(-c3ccccn3)c2c1. The fourth-order valence-electron chi connectivity index (χ4n) is 1.99. The Labute approximate surface area is 105 Å². The highest BCUT2D eigenvalue weighted by Gasteiger charge is 2.04. The number of fused-ring (bicyclic) bond motifs is 1. The van der Waals surface area contributed by atoms with Crippen LogP contribution in [0.25, 0.3) is 22.0 Å². The van der Waals surface area contributed by atoms with Gasteiger partial charge in [0.25, 0.3) is 0 Å². The molecule has 3 rings (SSSR count). The van der Waals surface area contributed by atoms with Crippen molar-refractivity contribution in [3.8, 4) is 11.3 Å². The predicted molar refractivity (Wildman–Crippen MR) is 72.2 cm³/mol. The fourth-order valence-corrected chi connectivity index (χ4v) is 2.16. The highest BCUT2D eigenvalue weighted by Crippen LogP contribution is 2.29. The van der Waals surface area contributed by atoms with Crippen LogP contribution in [0.1, 0.15) is 0 Å². The number of hydrogen-bond acceptors (Lipinski definition) is 1. The van der Waals surface area contributed by atoms with Crippen molar-refractivity contribution in [2.75, 3.05) is 0 Å². The van der Waals surface area contributed by atoms with Gasteiger partial charge in [-0.3, -0.25) is 4.98 Å². The number of rotatable bonds is 1. The Balaban J connectivity index is 2.33. The Morgan fingerprint density at radius 2 is 1.82 bits per heavy atom. The lowest BCUT2D eigenvalue weighted by molar-refractivity contribution is 1.33. The Hall–Kier alpha value is -1.86. The maximum absolute atomic E-state index is 6.06. The monoisotopic (exact) mass is 239 g/mol. The van der Waals surface area contributed by atoms with Gasteiger partial charge < -0.3 is 0 Å². The quantitative estimate of drug-likeness (QED) is 0.607. The molecular weight excluding hydrogens is 230 g/mol. The molecule has 0 aliphatic rings. The molecule has 2 aromatic carbocycles. The lowest BCUT2D eigenvalue weighted by Crippen LogP contribution is -1.84. The van der Waals surface area contributed by atoms with E-state index in [4.69, 9.17) is 11.6 Å². The minimum absolute atomic E-state index is 0.751. The van der Waals surface area contributed by atoms with E-state index in [0.29, 0.717) is 0 Å². The van der Waals surface area contributed by atoms with Crippen molar-refractivity contribution in [2.45, 2.75) is 0 Å². The predicted octanol–water partition coefficient (Wildman–Crippen LogP) is 4.56. The van der Waals surface area contributed by atoms with Crippen molar-refractivity contribution in [1.82, 2.24) is 4.98 Å². The summed E-state index contributed by atoms with van der Waals surface area (Å²) in [5.74, 6) is 0. The molecule has 17 heavy (non-hydrogen) atoms. The van der Waals surface area contributed by atoms with E-state index in [1.54, 1.807) is 6.20 Å². The second-order valence-corrected chi connectivity index (χ2v) is 4.32. The van der Waals surface area contributed by atoms with Gasteiger partial charge in [-0.25, -0.2) is 0 Å². The normalized spacial score (nSPS) is 10.6. The van der Waals surface area contributed by atoms with Gasteiger partial charge in [0.05, 0.1) is 5.69 Å². The molecule has 1 nitrogen and oxygen atoms in total. The van der Waals surface area contributed by atoms with Gasteiger partial charge in [-0.2, -0.15) is 0 Å². The number of benzene rings is 2. The first-order valence-corrected chi connectivity index (χ1v) is 5.82. The van der Waals surface area contributed by atoms with Crippen LogP contribution in [-0.2, 0) is 0 Å². The minimum atomic E-state index is 0.751. The number of halogens is 1. The van der Waals surface area contributed by atoms with Gasteiger partial charge in [0.2, 0.25) is 0 Å². The third-order valence-corrected chi connectivity index (χ3v) is 3.02. The molecule has 0 saturated heterocycles. The van der Waals surface area contributed by atoms with Crippen LogP contribution in [-0.4, -0.2) is 4.98 Å². The van der Waals surface area contributed by atoms with E-state index in [1.807, 2.05) is 42.5 Å². The number of hydrogen-bond donors (Lipinski definition) is 0. The summed E-state index contributed by atoms with van der Waals surface area (Å²) in [4.78, 5) is 4.39. The van der Waals surface area contributed by atoms with E-state index >= 15 is 0 Å². The van der Waals surface area contributed by atoms with Gasteiger partial charge in [0.1, 0.15) is 0 Å². The van der Waals surface area contributed by atoms with E-state index < -0.39 is 0 Å². The van der Waals surface area contributed by atoms with Crippen molar-refractivity contribution < 1.29 is 0 Å². The first-order chi connectivity index (χ1) is 8.34. The van der Waals surface area contributed by atoms with E-state index in [1.165, 1.54) is 5.39 Å². The summed E-state index contributed by atoms with van der Waals surface area (Å²) in [5.41, 5.74) is 2.09. The van der Waals surface area contributed by atoms with Crippen molar-refractivity contribution in [3.63, 3.8) is 0 Å². The van der Waals surface area contributed by atoms with Crippen LogP contribution >= 0.6 is 11.6 Å². The highest BCUT2D eigenvalue weighted by molar-refractivity contribution is 6.31. The van der Waals surface area contributed by atoms with Gasteiger partial charge in [-0.1, -0.05) is 41.9 Å². The van der Waals surface area contributed by atoms with Crippen LogP contribution < -0.4 is 0 Å². The maximum atomic E-state index is 6.06. The molecule has 0 bridgehead atoms. The molecule has 0 unspecified atom stereocenters. The molecule has 0 N–H and O–H groups in total. The summed E-state index contributed by atoms with van der Waals surface area (Å²) < 4.78 is 0. The van der Waals surface area contributed by atoms with E-state index in [2.05, 4.69) is 17.1 Å². The third-order valence-electron chi connectivity index (χ3n) is 2.79. The molecule has 0 fully saturated rings. The molecule has 1 heterocycles. The molecule has 82 valence electrons. The summed E-state index contributed by atoms with van der Waals surface area (Å²) in [7, 11) is 0.